The van der Waals surface area contributed by atoms with Crippen molar-refractivity contribution in [3.63, 3.8) is 0 Å². The Hall–Kier alpha value is -2.37. The monoisotopic (exact) mass is 341 g/mol. The Morgan fingerprint density at radius 2 is 2.08 bits per heavy atom. The number of nitrogens with zero attached hydrogens (tertiary/aromatic N) is 2. The first-order valence-electron chi connectivity index (χ1n) is 8.94. The van der Waals surface area contributed by atoms with Crippen molar-refractivity contribution in [1.29, 1.82) is 0 Å². The van der Waals surface area contributed by atoms with Gasteiger partial charge in [0.25, 0.3) is 0 Å². The van der Waals surface area contributed by atoms with E-state index < -0.39 is 0 Å². The SMILES string of the molecule is COC(=O)C1C2CCC(C2)C1NC(=O)CCn1cnc2ccccc21. The van der Waals surface area contributed by atoms with Crippen LogP contribution in [0, 0.1) is 17.8 Å². The number of ether oxygens (including phenoxy) is 1. The molecular weight excluding hydrogens is 318 g/mol. The van der Waals surface area contributed by atoms with Gasteiger partial charge in [-0.3, -0.25) is 9.59 Å². The molecule has 2 aromatic rings. The van der Waals surface area contributed by atoms with Crippen molar-refractivity contribution in [3.8, 4) is 0 Å². The lowest BCUT2D eigenvalue weighted by Crippen LogP contribution is -2.47. The summed E-state index contributed by atoms with van der Waals surface area (Å²) in [5.41, 5.74) is 1.96. The number of aryl methyl sites for hydroxylation is 1. The summed E-state index contributed by atoms with van der Waals surface area (Å²) in [6, 6.07) is 7.81. The Morgan fingerprint density at radius 3 is 2.92 bits per heavy atom. The average Bonchev–Trinajstić information content (AvgIpc) is 3.34. The molecule has 0 radical (unpaired) electrons. The number of rotatable bonds is 5. The number of carbonyl (C=O) groups is 2. The van der Waals surface area contributed by atoms with Crippen LogP contribution in [0.3, 0.4) is 0 Å². The highest BCUT2D eigenvalue weighted by atomic mass is 16.5. The average molecular weight is 341 g/mol. The number of carbonyl (C=O) groups excluding carboxylic acids is 2. The number of fused-ring (bicyclic) bond motifs is 3. The first kappa shape index (κ1) is 16.1. The van der Waals surface area contributed by atoms with E-state index in [-0.39, 0.29) is 23.8 Å². The second-order valence-corrected chi connectivity index (χ2v) is 7.15. The highest BCUT2D eigenvalue weighted by molar-refractivity contribution is 5.80. The lowest BCUT2D eigenvalue weighted by Gasteiger charge is -2.29. The molecular formula is C19H23N3O3. The van der Waals surface area contributed by atoms with E-state index in [1.807, 2.05) is 28.8 Å². The first-order chi connectivity index (χ1) is 12.2. The largest absolute Gasteiger partial charge is 0.469 e. The second kappa shape index (κ2) is 6.50. The van der Waals surface area contributed by atoms with Gasteiger partial charge in [-0.05, 0) is 43.2 Å². The molecule has 2 saturated carbocycles. The number of aromatic nitrogens is 2. The highest BCUT2D eigenvalue weighted by Gasteiger charge is 2.51. The minimum absolute atomic E-state index is 0.00997. The third-order valence-electron chi connectivity index (χ3n) is 5.82. The molecule has 2 aliphatic rings. The molecule has 6 nitrogen and oxygen atoms in total. The van der Waals surface area contributed by atoms with Crippen molar-refractivity contribution in [2.24, 2.45) is 17.8 Å². The summed E-state index contributed by atoms with van der Waals surface area (Å²) in [5.74, 6) is 0.400. The molecule has 2 bridgehead atoms. The molecule has 0 saturated heterocycles. The molecule has 1 aromatic carbocycles. The van der Waals surface area contributed by atoms with Crippen LogP contribution >= 0.6 is 0 Å². The molecule has 0 aliphatic heterocycles. The zero-order chi connectivity index (χ0) is 17.4. The van der Waals surface area contributed by atoms with Crippen molar-refractivity contribution >= 4 is 22.9 Å². The van der Waals surface area contributed by atoms with E-state index >= 15 is 0 Å². The number of esters is 1. The predicted octanol–water partition coefficient (Wildman–Crippen LogP) is 2.13. The Balaban J connectivity index is 1.39. The van der Waals surface area contributed by atoms with Crippen LogP contribution < -0.4 is 5.32 Å². The van der Waals surface area contributed by atoms with Crippen LogP contribution in [0.2, 0.25) is 0 Å². The summed E-state index contributed by atoms with van der Waals surface area (Å²) in [5, 5.41) is 3.11. The zero-order valence-corrected chi connectivity index (χ0v) is 14.4. The van der Waals surface area contributed by atoms with E-state index in [0.717, 1.165) is 30.3 Å². The smallest absolute Gasteiger partial charge is 0.311 e. The van der Waals surface area contributed by atoms with Crippen LogP contribution in [-0.2, 0) is 20.9 Å². The van der Waals surface area contributed by atoms with Crippen LogP contribution in [0.15, 0.2) is 30.6 Å². The Morgan fingerprint density at radius 1 is 1.28 bits per heavy atom. The number of imidazole rings is 1. The topological polar surface area (TPSA) is 73.2 Å². The maximum atomic E-state index is 12.5. The fourth-order valence-corrected chi connectivity index (χ4v) is 4.64. The Bertz CT molecular complexity index is 800. The molecule has 4 atom stereocenters. The van der Waals surface area contributed by atoms with Gasteiger partial charge in [-0.1, -0.05) is 12.1 Å². The van der Waals surface area contributed by atoms with E-state index in [9.17, 15) is 9.59 Å². The fourth-order valence-electron chi connectivity index (χ4n) is 4.64. The van der Waals surface area contributed by atoms with E-state index in [4.69, 9.17) is 4.74 Å². The first-order valence-corrected chi connectivity index (χ1v) is 8.94. The standard InChI is InChI=1S/C19H23N3O3/c1-25-19(24)17-12-6-7-13(10-12)18(17)21-16(23)8-9-22-11-20-14-4-2-3-5-15(14)22/h2-5,11-13,17-18H,6-10H2,1H3,(H,21,23). The Labute approximate surface area is 146 Å². The van der Waals surface area contributed by atoms with Crippen LogP contribution in [0.5, 0.6) is 0 Å². The van der Waals surface area contributed by atoms with Gasteiger partial charge in [0.05, 0.1) is 30.4 Å². The van der Waals surface area contributed by atoms with E-state index in [1.165, 1.54) is 7.11 Å². The minimum atomic E-state index is -0.182. The summed E-state index contributed by atoms with van der Waals surface area (Å²) in [7, 11) is 1.43. The van der Waals surface area contributed by atoms with Crippen molar-refractivity contribution in [3.05, 3.63) is 30.6 Å². The number of hydrogen-bond donors (Lipinski definition) is 1. The maximum absolute atomic E-state index is 12.5. The molecule has 1 heterocycles. The Kier molecular flexibility index (Phi) is 4.19. The number of nitrogens with one attached hydrogen (secondary N) is 1. The van der Waals surface area contributed by atoms with E-state index in [1.54, 1.807) is 6.33 Å². The van der Waals surface area contributed by atoms with Crippen molar-refractivity contribution in [1.82, 2.24) is 14.9 Å². The van der Waals surface area contributed by atoms with Gasteiger partial charge in [0.15, 0.2) is 0 Å². The van der Waals surface area contributed by atoms with Gasteiger partial charge >= 0.3 is 5.97 Å². The summed E-state index contributed by atoms with van der Waals surface area (Å²) in [6.45, 7) is 0.579. The normalized spacial score (nSPS) is 27.6. The lowest BCUT2D eigenvalue weighted by molar-refractivity contribution is -0.148. The van der Waals surface area contributed by atoms with Gasteiger partial charge in [-0.2, -0.15) is 0 Å². The number of methoxy groups -OCH3 is 1. The molecule has 1 N–H and O–H groups in total. The summed E-state index contributed by atoms with van der Waals surface area (Å²) in [4.78, 5) is 28.9. The fraction of sp³-hybridized carbons (Fsp3) is 0.526. The third-order valence-corrected chi connectivity index (χ3v) is 5.82. The number of benzene rings is 1. The molecule has 6 heteroatoms. The molecule has 25 heavy (non-hydrogen) atoms. The van der Waals surface area contributed by atoms with Crippen LogP contribution in [-0.4, -0.2) is 34.6 Å². The van der Waals surface area contributed by atoms with Crippen molar-refractivity contribution < 1.29 is 14.3 Å². The van der Waals surface area contributed by atoms with Crippen LogP contribution in [0.1, 0.15) is 25.7 Å². The number of para-hydroxylation sites is 2. The highest BCUT2D eigenvalue weighted by Crippen LogP contribution is 2.48. The predicted molar refractivity (Wildman–Crippen MR) is 92.6 cm³/mol. The number of amides is 1. The van der Waals surface area contributed by atoms with Crippen LogP contribution in [0.25, 0.3) is 11.0 Å². The maximum Gasteiger partial charge on any atom is 0.311 e. The van der Waals surface area contributed by atoms with E-state index in [0.29, 0.717) is 24.8 Å². The van der Waals surface area contributed by atoms with Crippen molar-refractivity contribution in [2.75, 3.05) is 7.11 Å². The molecule has 4 rings (SSSR count). The molecule has 2 fully saturated rings. The van der Waals surface area contributed by atoms with Gasteiger partial charge in [-0.25, -0.2) is 4.98 Å². The quantitative estimate of drug-likeness (QED) is 0.846. The third kappa shape index (κ3) is 2.90. The van der Waals surface area contributed by atoms with Gasteiger partial charge in [0.2, 0.25) is 5.91 Å². The summed E-state index contributed by atoms with van der Waals surface area (Å²) in [6.07, 6.45) is 5.33. The minimum Gasteiger partial charge on any atom is -0.469 e. The van der Waals surface area contributed by atoms with Gasteiger partial charge in [-0.15, -0.1) is 0 Å². The molecule has 1 amide bonds. The van der Waals surface area contributed by atoms with Gasteiger partial charge in [0.1, 0.15) is 0 Å². The molecule has 2 aliphatic carbocycles. The van der Waals surface area contributed by atoms with Gasteiger partial charge in [0, 0.05) is 19.0 Å². The van der Waals surface area contributed by atoms with Crippen molar-refractivity contribution in [2.45, 2.75) is 38.3 Å². The molecule has 132 valence electrons. The molecule has 4 unspecified atom stereocenters. The lowest BCUT2D eigenvalue weighted by atomic mass is 9.84. The zero-order valence-electron chi connectivity index (χ0n) is 14.4. The van der Waals surface area contributed by atoms with Gasteiger partial charge < -0.3 is 14.6 Å². The summed E-state index contributed by atoms with van der Waals surface area (Å²) < 4.78 is 6.96. The van der Waals surface area contributed by atoms with E-state index in [2.05, 4.69) is 10.3 Å². The molecule has 1 aromatic heterocycles. The second-order valence-electron chi connectivity index (χ2n) is 7.15. The number of hydrogen-bond acceptors (Lipinski definition) is 4. The van der Waals surface area contributed by atoms with Crippen LogP contribution in [0.4, 0.5) is 0 Å². The molecule has 0 spiro atoms. The summed E-state index contributed by atoms with van der Waals surface area (Å²) >= 11 is 0.